The number of aromatic nitrogens is 1. The third-order valence-electron chi connectivity index (χ3n) is 2.58. The number of nitrogens with zero attached hydrogens (tertiary/aromatic N) is 2. The van der Waals surface area contributed by atoms with Crippen molar-refractivity contribution in [2.75, 3.05) is 6.54 Å². The lowest BCUT2D eigenvalue weighted by Crippen LogP contribution is -2.39. The number of pyridine rings is 1. The molecule has 1 aromatic rings. The monoisotopic (exact) mass is 301 g/mol. The van der Waals surface area contributed by atoms with Crippen LogP contribution in [0.5, 0.6) is 0 Å². The van der Waals surface area contributed by atoms with Crippen molar-refractivity contribution in [1.29, 1.82) is 0 Å². The van der Waals surface area contributed by atoms with E-state index in [4.69, 9.17) is 16.7 Å². The van der Waals surface area contributed by atoms with Gasteiger partial charge in [0.2, 0.25) is 5.15 Å². The Bertz CT molecular complexity index is 573. The SMILES string of the molecule is CC(C)(CNC(=O)c1ccnc(Cl)c1[N+](=O)[O-])C(=O)O. The predicted octanol–water partition coefficient (Wildman–Crippen LogP) is 1.48. The van der Waals surface area contributed by atoms with E-state index in [0.29, 0.717) is 0 Å². The summed E-state index contributed by atoms with van der Waals surface area (Å²) in [4.78, 5) is 36.4. The van der Waals surface area contributed by atoms with Gasteiger partial charge < -0.3 is 10.4 Å². The van der Waals surface area contributed by atoms with Crippen LogP contribution in [0, 0.1) is 15.5 Å². The molecular formula is C11H12ClN3O5. The zero-order valence-corrected chi connectivity index (χ0v) is 11.5. The van der Waals surface area contributed by atoms with E-state index >= 15 is 0 Å². The lowest BCUT2D eigenvalue weighted by molar-refractivity contribution is -0.385. The number of nitrogens with one attached hydrogen (secondary N) is 1. The molecule has 0 aliphatic rings. The van der Waals surface area contributed by atoms with Gasteiger partial charge in [0.1, 0.15) is 5.56 Å². The second kappa shape index (κ2) is 5.83. The van der Waals surface area contributed by atoms with E-state index in [1.165, 1.54) is 13.8 Å². The number of halogens is 1. The fraction of sp³-hybridized carbons (Fsp3) is 0.364. The van der Waals surface area contributed by atoms with Crippen LogP contribution in [0.1, 0.15) is 24.2 Å². The smallest absolute Gasteiger partial charge is 0.319 e. The number of hydrogen-bond donors (Lipinski definition) is 2. The van der Waals surface area contributed by atoms with E-state index in [1.54, 1.807) is 0 Å². The molecule has 108 valence electrons. The van der Waals surface area contributed by atoms with E-state index in [2.05, 4.69) is 10.3 Å². The van der Waals surface area contributed by atoms with Gasteiger partial charge in [-0.3, -0.25) is 19.7 Å². The highest BCUT2D eigenvalue weighted by Gasteiger charge is 2.30. The molecule has 8 nitrogen and oxygen atoms in total. The predicted molar refractivity (Wildman–Crippen MR) is 69.7 cm³/mol. The van der Waals surface area contributed by atoms with Crippen molar-refractivity contribution in [3.05, 3.63) is 33.1 Å². The van der Waals surface area contributed by atoms with E-state index < -0.39 is 33.1 Å². The number of rotatable bonds is 5. The molecule has 0 spiro atoms. The number of carboxylic acids is 1. The summed E-state index contributed by atoms with van der Waals surface area (Å²) < 4.78 is 0. The van der Waals surface area contributed by atoms with E-state index in [1.807, 2.05) is 0 Å². The van der Waals surface area contributed by atoms with Crippen molar-refractivity contribution >= 4 is 29.2 Å². The minimum atomic E-state index is -1.19. The van der Waals surface area contributed by atoms with Gasteiger partial charge in [-0.15, -0.1) is 0 Å². The van der Waals surface area contributed by atoms with E-state index in [-0.39, 0.29) is 12.1 Å². The van der Waals surface area contributed by atoms with Crippen molar-refractivity contribution in [3.63, 3.8) is 0 Å². The highest BCUT2D eigenvalue weighted by molar-refractivity contribution is 6.32. The van der Waals surface area contributed by atoms with Crippen LogP contribution >= 0.6 is 11.6 Å². The van der Waals surface area contributed by atoms with Crippen molar-refractivity contribution in [1.82, 2.24) is 10.3 Å². The first-order chi connectivity index (χ1) is 9.16. The van der Waals surface area contributed by atoms with Gasteiger partial charge in [-0.05, 0) is 19.9 Å². The van der Waals surface area contributed by atoms with Crippen LogP contribution in [-0.2, 0) is 4.79 Å². The minimum Gasteiger partial charge on any atom is -0.481 e. The molecule has 1 aromatic heterocycles. The summed E-state index contributed by atoms with van der Waals surface area (Å²) in [7, 11) is 0. The molecule has 0 fully saturated rings. The largest absolute Gasteiger partial charge is 0.481 e. The fourth-order valence-electron chi connectivity index (χ4n) is 1.26. The number of carbonyl (C=O) groups excluding carboxylic acids is 1. The molecule has 1 heterocycles. The molecule has 0 saturated carbocycles. The average Bonchev–Trinajstić information content (AvgIpc) is 2.35. The highest BCUT2D eigenvalue weighted by atomic mass is 35.5. The summed E-state index contributed by atoms with van der Waals surface area (Å²) in [6.45, 7) is 2.66. The molecule has 2 N–H and O–H groups in total. The third-order valence-corrected chi connectivity index (χ3v) is 2.85. The van der Waals surface area contributed by atoms with Crippen LogP contribution in [-0.4, -0.2) is 33.4 Å². The molecular weight excluding hydrogens is 290 g/mol. The van der Waals surface area contributed by atoms with Gasteiger partial charge in [-0.1, -0.05) is 11.6 Å². The van der Waals surface area contributed by atoms with Gasteiger partial charge in [-0.2, -0.15) is 0 Å². The summed E-state index contributed by atoms with van der Waals surface area (Å²) in [5, 5.41) is 21.7. The van der Waals surface area contributed by atoms with Crippen LogP contribution in [0.3, 0.4) is 0 Å². The van der Waals surface area contributed by atoms with Crippen LogP contribution in [0.15, 0.2) is 12.3 Å². The Morgan fingerprint density at radius 3 is 2.65 bits per heavy atom. The molecule has 0 aliphatic carbocycles. The molecule has 0 bridgehead atoms. The number of carbonyl (C=O) groups is 2. The molecule has 0 radical (unpaired) electrons. The van der Waals surface area contributed by atoms with Gasteiger partial charge in [-0.25, -0.2) is 4.98 Å². The maximum absolute atomic E-state index is 11.9. The highest BCUT2D eigenvalue weighted by Crippen LogP contribution is 2.26. The topological polar surface area (TPSA) is 122 Å². The Balaban J connectivity index is 2.97. The van der Waals surface area contributed by atoms with Crippen molar-refractivity contribution < 1.29 is 19.6 Å². The van der Waals surface area contributed by atoms with Gasteiger partial charge in [0.05, 0.1) is 10.3 Å². The number of amides is 1. The Hall–Kier alpha value is -2.22. The normalized spacial score (nSPS) is 10.9. The standard InChI is InChI=1S/C11H12ClN3O5/c1-11(2,10(17)18)5-14-9(16)6-3-4-13-8(12)7(6)15(19)20/h3-4H,5H2,1-2H3,(H,14,16)(H,17,18). The average molecular weight is 302 g/mol. The number of nitro groups is 1. The summed E-state index contributed by atoms with van der Waals surface area (Å²) in [5.41, 5.74) is -2.07. The van der Waals surface area contributed by atoms with Gasteiger partial charge in [0.25, 0.3) is 5.91 Å². The second-order valence-electron chi connectivity index (χ2n) is 4.63. The summed E-state index contributed by atoms with van der Waals surface area (Å²) in [5.74, 6) is -1.88. The first kappa shape index (κ1) is 15.8. The maximum Gasteiger partial charge on any atom is 0.319 e. The third kappa shape index (κ3) is 3.41. The van der Waals surface area contributed by atoms with Gasteiger partial charge in [0.15, 0.2) is 0 Å². The number of carboxylic acid groups (broad SMARTS) is 1. The van der Waals surface area contributed by atoms with Gasteiger partial charge in [0, 0.05) is 12.7 Å². The Morgan fingerprint density at radius 2 is 2.15 bits per heavy atom. The molecule has 0 atom stereocenters. The van der Waals surface area contributed by atoms with Crippen molar-refractivity contribution in [3.8, 4) is 0 Å². The molecule has 0 saturated heterocycles. The lowest BCUT2D eigenvalue weighted by Gasteiger charge is -2.19. The molecule has 0 aliphatic heterocycles. The first-order valence-corrected chi connectivity index (χ1v) is 5.85. The van der Waals surface area contributed by atoms with E-state index in [0.717, 1.165) is 12.3 Å². The molecule has 0 aromatic carbocycles. The first-order valence-electron chi connectivity index (χ1n) is 5.47. The second-order valence-corrected chi connectivity index (χ2v) is 4.98. The van der Waals surface area contributed by atoms with Crippen molar-refractivity contribution in [2.45, 2.75) is 13.8 Å². The molecule has 20 heavy (non-hydrogen) atoms. The lowest BCUT2D eigenvalue weighted by atomic mass is 9.94. The molecule has 0 unspecified atom stereocenters. The summed E-state index contributed by atoms with van der Waals surface area (Å²) >= 11 is 5.58. The van der Waals surface area contributed by atoms with Gasteiger partial charge >= 0.3 is 11.7 Å². The molecule has 9 heteroatoms. The quantitative estimate of drug-likeness (QED) is 0.482. The number of hydrogen-bond acceptors (Lipinski definition) is 5. The van der Waals surface area contributed by atoms with Crippen molar-refractivity contribution in [2.24, 2.45) is 5.41 Å². The van der Waals surface area contributed by atoms with Crippen LogP contribution in [0.2, 0.25) is 5.15 Å². The number of aliphatic carboxylic acids is 1. The Labute approximate surface area is 118 Å². The summed E-state index contributed by atoms with van der Waals surface area (Å²) in [6, 6.07) is 1.15. The fourth-order valence-corrected chi connectivity index (χ4v) is 1.48. The zero-order chi connectivity index (χ0) is 15.5. The summed E-state index contributed by atoms with van der Waals surface area (Å²) in [6.07, 6.45) is 1.16. The van der Waals surface area contributed by atoms with Crippen LogP contribution < -0.4 is 5.32 Å². The van der Waals surface area contributed by atoms with E-state index in [9.17, 15) is 19.7 Å². The maximum atomic E-state index is 11.9. The molecule has 1 rings (SSSR count). The van der Waals surface area contributed by atoms with Crippen LogP contribution in [0.4, 0.5) is 5.69 Å². The Kier molecular flexibility index (Phi) is 4.61. The molecule has 1 amide bonds. The minimum absolute atomic E-state index is 0.182. The van der Waals surface area contributed by atoms with Crippen LogP contribution in [0.25, 0.3) is 0 Å². The zero-order valence-electron chi connectivity index (χ0n) is 10.7. The Morgan fingerprint density at radius 1 is 1.55 bits per heavy atom.